The van der Waals surface area contributed by atoms with Crippen molar-refractivity contribution in [2.24, 2.45) is 0 Å². The Kier molecular flexibility index (Phi) is 6.48. The average molecular weight is 490 g/mol. The van der Waals surface area contributed by atoms with Crippen LogP contribution in [-0.2, 0) is 14.3 Å². The summed E-state index contributed by atoms with van der Waals surface area (Å²) in [6, 6.07) is 12.8. The summed E-state index contributed by atoms with van der Waals surface area (Å²) in [7, 11) is 1.27. The summed E-state index contributed by atoms with van der Waals surface area (Å²) in [4.78, 5) is 37.0. The summed E-state index contributed by atoms with van der Waals surface area (Å²) < 4.78 is 45.8. The first kappa shape index (κ1) is 24.6. The van der Waals surface area contributed by atoms with Gasteiger partial charge >= 0.3 is 18.2 Å². The minimum absolute atomic E-state index is 0.146. The van der Waals surface area contributed by atoms with Crippen LogP contribution in [0.4, 0.5) is 18.0 Å². The quantitative estimate of drug-likeness (QED) is 0.575. The normalized spacial score (nSPS) is 16.6. The smallest absolute Gasteiger partial charge is 0.408 e. The third-order valence-corrected chi connectivity index (χ3v) is 6.82. The summed E-state index contributed by atoms with van der Waals surface area (Å²) in [5.41, 5.74) is 2.49. The van der Waals surface area contributed by atoms with Crippen LogP contribution in [0.25, 0.3) is 11.1 Å². The second-order valence-electron chi connectivity index (χ2n) is 8.89. The van der Waals surface area contributed by atoms with Crippen LogP contribution in [-0.4, -0.2) is 59.4 Å². The van der Waals surface area contributed by atoms with Crippen molar-refractivity contribution in [2.75, 3.05) is 13.7 Å². The van der Waals surface area contributed by atoms with Gasteiger partial charge in [-0.3, -0.25) is 4.79 Å². The number of likely N-dealkylation sites (N-methyl/N-ethyl adjacent to an activating group) is 1. The van der Waals surface area contributed by atoms with Crippen molar-refractivity contribution in [1.29, 1.82) is 0 Å². The zero-order valence-electron chi connectivity index (χ0n) is 19.0. The first-order chi connectivity index (χ1) is 16.5. The van der Waals surface area contributed by atoms with Crippen LogP contribution in [0, 0.1) is 0 Å². The average Bonchev–Trinajstić information content (AvgIpc) is 3.57. The molecule has 10 heteroatoms. The highest BCUT2D eigenvalue weighted by Gasteiger charge is 2.55. The summed E-state index contributed by atoms with van der Waals surface area (Å²) in [6.45, 7) is -0.146. The monoisotopic (exact) mass is 490 g/mol. The molecule has 0 aromatic heterocycles. The lowest BCUT2D eigenvalue weighted by Crippen LogP contribution is -2.48. The predicted molar refractivity (Wildman–Crippen MR) is 120 cm³/mol. The molecule has 2 aromatic rings. The number of carbonyl (C=O) groups excluding carboxylic acids is 2. The lowest BCUT2D eigenvalue weighted by molar-refractivity contribution is -0.159. The molecule has 2 aliphatic rings. The molecule has 2 aliphatic carbocycles. The van der Waals surface area contributed by atoms with Crippen molar-refractivity contribution in [3.63, 3.8) is 0 Å². The maximum absolute atomic E-state index is 13.6. The summed E-state index contributed by atoms with van der Waals surface area (Å²) >= 11 is 0. The number of nitrogens with zero attached hydrogens (tertiary/aromatic N) is 1. The van der Waals surface area contributed by atoms with Crippen molar-refractivity contribution in [3.8, 4) is 11.1 Å². The minimum atomic E-state index is -4.81. The minimum Gasteiger partial charge on any atom is -0.479 e. The highest BCUT2D eigenvalue weighted by atomic mass is 19.4. The van der Waals surface area contributed by atoms with Crippen LogP contribution in [0.5, 0.6) is 0 Å². The number of rotatable bonds is 8. The van der Waals surface area contributed by atoms with E-state index >= 15 is 0 Å². The van der Waals surface area contributed by atoms with E-state index < -0.39 is 48.6 Å². The van der Waals surface area contributed by atoms with Crippen LogP contribution in [0.15, 0.2) is 48.5 Å². The number of aliphatic carboxylic acids is 1. The predicted octanol–water partition coefficient (Wildman–Crippen LogP) is 4.31. The van der Waals surface area contributed by atoms with Crippen molar-refractivity contribution < 1.29 is 37.4 Å². The van der Waals surface area contributed by atoms with E-state index in [2.05, 4.69) is 0 Å². The molecule has 0 saturated heterocycles. The SMILES string of the molecule is CN(C(=O)CC[C@H](NC(=O)OCC1c2ccccc2-c2ccccc21)C(F)(F)F)C1(C(=O)O)CC1. The number of halogens is 3. The molecular weight excluding hydrogens is 465 g/mol. The molecule has 186 valence electrons. The van der Waals surface area contributed by atoms with Crippen molar-refractivity contribution in [3.05, 3.63) is 59.7 Å². The maximum atomic E-state index is 13.6. The van der Waals surface area contributed by atoms with Gasteiger partial charge < -0.3 is 20.1 Å². The molecule has 0 spiro atoms. The fraction of sp³-hybridized carbons (Fsp3) is 0.400. The Hall–Kier alpha value is -3.56. The molecule has 0 heterocycles. The van der Waals surface area contributed by atoms with E-state index in [-0.39, 0.29) is 25.4 Å². The molecular formula is C25H25F3N2O5. The highest BCUT2D eigenvalue weighted by Crippen LogP contribution is 2.44. The zero-order chi connectivity index (χ0) is 25.4. The van der Waals surface area contributed by atoms with Crippen molar-refractivity contribution in [2.45, 2.75) is 49.4 Å². The highest BCUT2D eigenvalue weighted by molar-refractivity contribution is 5.89. The molecule has 1 saturated carbocycles. The number of benzene rings is 2. The Morgan fingerprint density at radius 3 is 2.11 bits per heavy atom. The topological polar surface area (TPSA) is 95.9 Å². The molecule has 2 N–H and O–H groups in total. The third-order valence-electron chi connectivity index (χ3n) is 6.82. The van der Waals surface area contributed by atoms with Crippen molar-refractivity contribution >= 4 is 18.0 Å². The summed E-state index contributed by atoms with van der Waals surface area (Å²) in [5.74, 6) is -2.22. The number of fused-ring (bicyclic) bond motifs is 3. The molecule has 0 aliphatic heterocycles. The maximum Gasteiger partial charge on any atom is 0.408 e. The van der Waals surface area contributed by atoms with Crippen LogP contribution < -0.4 is 5.32 Å². The summed E-state index contributed by atoms with van der Waals surface area (Å²) in [6.07, 6.45) is -6.84. The van der Waals surface area contributed by atoms with Gasteiger partial charge in [-0.05, 0) is 41.5 Å². The van der Waals surface area contributed by atoms with Gasteiger partial charge in [-0.1, -0.05) is 48.5 Å². The van der Waals surface area contributed by atoms with E-state index in [0.717, 1.165) is 27.2 Å². The molecule has 2 aromatic carbocycles. The number of alkyl carbamates (subject to hydrolysis) is 1. The van der Waals surface area contributed by atoms with Gasteiger partial charge in [0.05, 0.1) is 0 Å². The number of carboxylic acids is 1. The molecule has 0 bridgehead atoms. The molecule has 1 fully saturated rings. The Bertz CT molecular complexity index is 1100. The van der Waals surface area contributed by atoms with Crippen LogP contribution in [0.3, 0.4) is 0 Å². The van der Waals surface area contributed by atoms with E-state index in [1.807, 2.05) is 53.8 Å². The van der Waals surface area contributed by atoms with E-state index in [9.17, 15) is 32.7 Å². The fourth-order valence-electron chi connectivity index (χ4n) is 4.59. The van der Waals surface area contributed by atoms with Gasteiger partial charge in [0, 0.05) is 19.4 Å². The largest absolute Gasteiger partial charge is 0.479 e. The standard InChI is InChI=1S/C25H25F3N2O5/c1-30(24(12-13-24)22(32)33)21(31)11-10-20(25(26,27)28)29-23(34)35-14-19-17-8-4-2-6-15(17)16-7-3-5-9-18(16)19/h2-9,19-20H,10-14H2,1H3,(H,29,34)(H,32,33)/t20-/m0/s1. The number of ether oxygens (including phenoxy) is 1. The van der Waals surface area contributed by atoms with Gasteiger partial charge in [0.25, 0.3) is 0 Å². The van der Waals surface area contributed by atoms with E-state index in [0.29, 0.717) is 0 Å². The Morgan fingerprint density at radius 1 is 1.09 bits per heavy atom. The van der Waals surface area contributed by atoms with Crippen molar-refractivity contribution in [1.82, 2.24) is 10.2 Å². The molecule has 4 rings (SSSR count). The number of alkyl halides is 3. The van der Waals surface area contributed by atoms with Gasteiger partial charge in [0.15, 0.2) is 0 Å². The number of carbonyl (C=O) groups is 3. The van der Waals surface area contributed by atoms with Gasteiger partial charge in [-0.2, -0.15) is 13.2 Å². The summed E-state index contributed by atoms with van der Waals surface area (Å²) in [5, 5.41) is 11.1. The second-order valence-corrected chi connectivity index (χ2v) is 8.89. The fourth-order valence-corrected chi connectivity index (χ4v) is 4.59. The Morgan fingerprint density at radius 2 is 1.63 bits per heavy atom. The van der Waals surface area contributed by atoms with Gasteiger partial charge in [-0.25, -0.2) is 9.59 Å². The number of carboxylic acid groups (broad SMARTS) is 1. The molecule has 35 heavy (non-hydrogen) atoms. The first-order valence-electron chi connectivity index (χ1n) is 11.2. The zero-order valence-corrected chi connectivity index (χ0v) is 19.0. The molecule has 2 amide bonds. The van der Waals surface area contributed by atoms with E-state index in [1.54, 1.807) is 0 Å². The van der Waals surface area contributed by atoms with Crippen LogP contribution >= 0.6 is 0 Å². The lowest BCUT2D eigenvalue weighted by atomic mass is 9.98. The van der Waals surface area contributed by atoms with E-state index in [4.69, 9.17) is 4.74 Å². The molecule has 1 atom stereocenters. The molecule has 0 unspecified atom stereocenters. The van der Waals surface area contributed by atoms with Crippen LogP contribution in [0.1, 0.15) is 42.7 Å². The molecule has 0 radical (unpaired) electrons. The number of hydrogen-bond acceptors (Lipinski definition) is 4. The number of amides is 2. The van der Waals surface area contributed by atoms with Gasteiger partial charge in [0.2, 0.25) is 5.91 Å². The third kappa shape index (κ3) is 4.82. The van der Waals surface area contributed by atoms with Gasteiger partial charge in [-0.15, -0.1) is 0 Å². The Balaban J connectivity index is 1.37. The van der Waals surface area contributed by atoms with E-state index in [1.165, 1.54) is 7.05 Å². The first-order valence-corrected chi connectivity index (χ1v) is 11.2. The Labute approximate surface area is 199 Å². The second kappa shape index (κ2) is 9.24. The van der Waals surface area contributed by atoms with Crippen LogP contribution in [0.2, 0.25) is 0 Å². The molecule has 7 nitrogen and oxygen atoms in total. The number of nitrogens with one attached hydrogen (secondary N) is 1. The number of hydrogen-bond donors (Lipinski definition) is 2. The lowest BCUT2D eigenvalue weighted by Gasteiger charge is -2.26. The van der Waals surface area contributed by atoms with Gasteiger partial charge in [0.1, 0.15) is 18.2 Å².